The van der Waals surface area contributed by atoms with Crippen molar-refractivity contribution in [1.29, 1.82) is 0 Å². The van der Waals surface area contributed by atoms with Crippen LogP contribution in [0.25, 0.3) is 6.08 Å². The summed E-state index contributed by atoms with van der Waals surface area (Å²) in [6, 6.07) is 15.8. The topological polar surface area (TPSA) is 107 Å². The summed E-state index contributed by atoms with van der Waals surface area (Å²) in [6.45, 7) is -4.29. The highest BCUT2D eigenvalue weighted by atomic mass is 19.3. The quantitative estimate of drug-likeness (QED) is 0.138. The monoisotopic (exact) mass is 654 g/mol. The van der Waals surface area contributed by atoms with Crippen molar-refractivity contribution >= 4 is 29.1 Å². The highest BCUT2D eigenvalue weighted by Gasteiger charge is 2.44. The van der Waals surface area contributed by atoms with Crippen molar-refractivity contribution in [2.45, 2.75) is 38.5 Å². The second-order valence-corrected chi connectivity index (χ2v) is 11.2. The molecule has 2 aliphatic heterocycles. The Morgan fingerprint density at radius 3 is 2.38 bits per heavy atom. The van der Waals surface area contributed by atoms with Gasteiger partial charge in [-0.25, -0.2) is 5.01 Å². The molecule has 3 aromatic rings. The number of fused-ring (bicyclic) bond motifs is 1. The SMILES string of the molecule is O=C(c1ccc(N2CCOCC2)c([N+](=O)[O-])c1)N1N=C2/C(=C/c3cccc(OC(F)F)c3)CCCC2C1c1cccc(OC(F)F)c1. The van der Waals surface area contributed by atoms with E-state index < -0.39 is 30.1 Å². The molecule has 3 aromatic carbocycles. The van der Waals surface area contributed by atoms with Crippen LogP contribution in [0.2, 0.25) is 0 Å². The van der Waals surface area contributed by atoms with Crippen LogP contribution in [-0.2, 0) is 4.74 Å². The summed E-state index contributed by atoms with van der Waals surface area (Å²) in [4.78, 5) is 27.6. The first kappa shape index (κ1) is 32.0. The van der Waals surface area contributed by atoms with Crippen molar-refractivity contribution in [3.8, 4) is 11.5 Å². The number of carbonyl (C=O) groups excluding carboxylic acids is 1. The number of ether oxygens (including phenoxy) is 3. The van der Waals surface area contributed by atoms with Gasteiger partial charge >= 0.3 is 13.2 Å². The van der Waals surface area contributed by atoms with Gasteiger partial charge < -0.3 is 19.1 Å². The molecule has 0 radical (unpaired) electrons. The van der Waals surface area contributed by atoms with Crippen LogP contribution in [0.1, 0.15) is 46.8 Å². The fourth-order valence-corrected chi connectivity index (χ4v) is 6.36. The van der Waals surface area contributed by atoms with E-state index in [9.17, 15) is 32.5 Å². The summed E-state index contributed by atoms with van der Waals surface area (Å²) in [6.07, 6.45) is 3.69. The fraction of sp³-hybridized carbons (Fsp3) is 0.333. The predicted molar refractivity (Wildman–Crippen MR) is 164 cm³/mol. The van der Waals surface area contributed by atoms with Crippen LogP contribution in [0.15, 0.2) is 77.4 Å². The normalized spacial score (nSPS) is 20.4. The maximum Gasteiger partial charge on any atom is 0.387 e. The Morgan fingerprint density at radius 1 is 0.979 bits per heavy atom. The third-order valence-electron chi connectivity index (χ3n) is 8.33. The number of nitrogens with zero attached hydrogens (tertiary/aromatic N) is 4. The number of hydrogen-bond donors (Lipinski definition) is 0. The van der Waals surface area contributed by atoms with Gasteiger partial charge in [0.15, 0.2) is 0 Å². The predicted octanol–water partition coefficient (Wildman–Crippen LogP) is 7.07. The molecule has 14 heteroatoms. The highest BCUT2D eigenvalue weighted by molar-refractivity contribution is 6.09. The number of morpholine rings is 1. The van der Waals surface area contributed by atoms with Crippen LogP contribution >= 0.6 is 0 Å². The van der Waals surface area contributed by atoms with Crippen LogP contribution < -0.4 is 14.4 Å². The standard InChI is InChI=1S/C33H30F4N4O6/c34-32(35)46-24-7-1-4-20(17-24)16-21-5-3-9-26-29(21)38-40(30(26)22-6-2-8-25(18-22)47-33(36)37)31(42)23-10-11-27(28(19-23)41(43)44)39-12-14-45-15-13-39/h1-2,4,6-8,10-11,16-19,26,30,32-33H,3,5,9,12-15H2/b21-16+. The lowest BCUT2D eigenvalue weighted by atomic mass is 9.77. The molecule has 2 unspecified atom stereocenters. The van der Waals surface area contributed by atoms with Crippen LogP contribution in [0.5, 0.6) is 11.5 Å². The molecule has 1 aliphatic carbocycles. The first-order chi connectivity index (χ1) is 22.7. The lowest BCUT2D eigenvalue weighted by Crippen LogP contribution is -2.36. The van der Waals surface area contributed by atoms with Gasteiger partial charge in [0.1, 0.15) is 17.2 Å². The molecule has 0 bridgehead atoms. The Labute approximate surface area is 267 Å². The summed E-state index contributed by atoms with van der Waals surface area (Å²) >= 11 is 0. The van der Waals surface area contributed by atoms with Crippen molar-refractivity contribution in [3.05, 3.63) is 99.1 Å². The minimum absolute atomic E-state index is 0.0114. The van der Waals surface area contributed by atoms with Crippen molar-refractivity contribution in [2.24, 2.45) is 11.0 Å². The Balaban J connectivity index is 1.40. The molecule has 0 aromatic heterocycles. The summed E-state index contributed by atoms with van der Waals surface area (Å²) in [5, 5.41) is 18.2. The number of halogens is 4. The molecule has 47 heavy (non-hydrogen) atoms. The van der Waals surface area contributed by atoms with Crippen LogP contribution in [0.3, 0.4) is 0 Å². The molecule has 1 saturated heterocycles. The van der Waals surface area contributed by atoms with Crippen LogP contribution in [0, 0.1) is 16.0 Å². The van der Waals surface area contributed by atoms with Crippen LogP contribution in [0.4, 0.5) is 28.9 Å². The number of allylic oxidation sites excluding steroid dienone is 1. The van der Waals surface area contributed by atoms with E-state index in [2.05, 4.69) is 9.47 Å². The molecule has 2 atom stereocenters. The van der Waals surface area contributed by atoms with Gasteiger partial charge in [-0.05, 0) is 78.4 Å². The second-order valence-electron chi connectivity index (χ2n) is 11.2. The van der Waals surface area contributed by atoms with Crippen molar-refractivity contribution in [3.63, 3.8) is 0 Å². The Morgan fingerprint density at radius 2 is 1.68 bits per heavy atom. The van der Waals surface area contributed by atoms with Gasteiger partial charge in [-0.15, -0.1) is 0 Å². The van der Waals surface area contributed by atoms with E-state index in [4.69, 9.17) is 9.84 Å². The smallest absolute Gasteiger partial charge is 0.387 e. The van der Waals surface area contributed by atoms with E-state index in [0.29, 0.717) is 68.1 Å². The van der Waals surface area contributed by atoms with Gasteiger partial charge in [-0.1, -0.05) is 24.3 Å². The third-order valence-corrected chi connectivity index (χ3v) is 8.33. The van der Waals surface area contributed by atoms with Gasteiger partial charge in [0.2, 0.25) is 0 Å². The van der Waals surface area contributed by atoms with E-state index in [-0.39, 0.29) is 28.7 Å². The van der Waals surface area contributed by atoms with Crippen molar-refractivity contribution < 1.29 is 41.5 Å². The lowest BCUT2D eigenvalue weighted by molar-refractivity contribution is -0.384. The van der Waals surface area contributed by atoms with E-state index in [0.717, 1.165) is 5.57 Å². The molecule has 6 rings (SSSR count). The van der Waals surface area contributed by atoms with Crippen LogP contribution in [-0.4, -0.2) is 61.1 Å². The number of carbonyl (C=O) groups is 1. The molecule has 1 amide bonds. The zero-order chi connectivity index (χ0) is 33.1. The summed E-state index contributed by atoms with van der Waals surface area (Å²) in [5.74, 6) is -1.07. The molecule has 2 heterocycles. The summed E-state index contributed by atoms with van der Waals surface area (Å²) in [7, 11) is 0. The molecule has 2 fully saturated rings. The van der Waals surface area contributed by atoms with Gasteiger partial charge in [-0.2, -0.15) is 22.7 Å². The maximum atomic E-state index is 14.2. The molecule has 1 saturated carbocycles. The largest absolute Gasteiger partial charge is 0.435 e. The zero-order valence-electron chi connectivity index (χ0n) is 24.9. The first-order valence-corrected chi connectivity index (χ1v) is 15.0. The van der Waals surface area contributed by atoms with E-state index >= 15 is 0 Å². The Bertz CT molecular complexity index is 1710. The molecule has 0 spiro atoms. The van der Waals surface area contributed by atoms with Gasteiger partial charge in [-0.3, -0.25) is 14.9 Å². The zero-order valence-corrected chi connectivity index (χ0v) is 24.9. The molecule has 0 N–H and O–H groups in total. The number of anilines is 1. The number of amides is 1. The van der Waals surface area contributed by atoms with Gasteiger partial charge in [0, 0.05) is 30.6 Å². The van der Waals surface area contributed by atoms with E-state index in [1.165, 1.54) is 41.4 Å². The minimum Gasteiger partial charge on any atom is -0.435 e. The van der Waals surface area contributed by atoms with E-state index in [1.807, 2.05) is 4.90 Å². The minimum atomic E-state index is -3.06. The number of nitro groups is 1. The number of hydrazone groups is 1. The first-order valence-electron chi connectivity index (χ1n) is 15.0. The summed E-state index contributed by atoms with van der Waals surface area (Å²) in [5.41, 5.74) is 2.59. The molecular weight excluding hydrogens is 624 g/mol. The number of benzene rings is 3. The average Bonchev–Trinajstić information content (AvgIpc) is 3.45. The van der Waals surface area contributed by atoms with Gasteiger partial charge in [0.25, 0.3) is 11.6 Å². The molecule has 10 nitrogen and oxygen atoms in total. The third kappa shape index (κ3) is 7.07. The van der Waals surface area contributed by atoms with E-state index in [1.54, 1.807) is 36.4 Å². The van der Waals surface area contributed by atoms with Crippen molar-refractivity contribution in [2.75, 3.05) is 31.2 Å². The Kier molecular flexibility index (Phi) is 9.38. The maximum absolute atomic E-state index is 14.2. The Hall–Kier alpha value is -4.98. The molecule has 246 valence electrons. The fourth-order valence-electron chi connectivity index (χ4n) is 6.36. The van der Waals surface area contributed by atoms with Crippen molar-refractivity contribution in [1.82, 2.24) is 5.01 Å². The summed E-state index contributed by atoms with van der Waals surface area (Å²) < 4.78 is 66.5. The van der Waals surface area contributed by atoms with Gasteiger partial charge in [0.05, 0.1) is 29.9 Å². The average molecular weight is 655 g/mol. The molecular formula is C33H30F4N4O6. The highest BCUT2D eigenvalue weighted by Crippen LogP contribution is 2.46. The molecule has 3 aliphatic rings. The number of alkyl halides is 4. The second kappa shape index (κ2) is 13.8. The number of nitro benzene ring substituents is 1. The number of hydrogen-bond acceptors (Lipinski definition) is 8. The lowest BCUT2D eigenvalue weighted by Gasteiger charge is -2.30. The number of rotatable bonds is 9.